The molecule has 0 aromatic rings. The highest BCUT2D eigenvalue weighted by Gasteiger charge is 2.39. The van der Waals surface area contributed by atoms with Crippen LogP contribution >= 0.6 is 0 Å². The Kier molecular flexibility index (Phi) is 85.3. The lowest BCUT2D eigenvalue weighted by atomic mass is 9.74. The van der Waals surface area contributed by atoms with E-state index in [4.69, 9.17) is 28.4 Å². The van der Waals surface area contributed by atoms with E-state index >= 15 is 0 Å². The molecule has 1 aliphatic rings. The first-order valence-corrected chi connectivity index (χ1v) is 56.0. The molecule has 0 saturated heterocycles. The van der Waals surface area contributed by atoms with E-state index in [0.29, 0.717) is 153 Å². The van der Waals surface area contributed by atoms with Gasteiger partial charge in [-0.1, -0.05) is 276 Å². The molecule has 0 spiro atoms. The van der Waals surface area contributed by atoms with E-state index in [1.54, 1.807) is 0 Å². The SMILES string of the molecule is CCCC(C)CCOC(=O)CCCCCCN(CCCCCCNC(=O)C1CC(C(=O)NCCCCCCN(CCCCCCC(=O)OCCC(C)CCC)CCCCCCC(=O)OCCC(C)CCC)CC(C(=O)NCCCCCCN(CCCCCCC(=O)OCCC(C)CCC)CCCCCCC(=O)OCCC(C)CCC)C1)CCCCCCC(=O)OCCC(C)CCC. The summed E-state index contributed by atoms with van der Waals surface area (Å²) in [5.41, 5.74) is 0. The molecule has 0 heterocycles. The van der Waals surface area contributed by atoms with Gasteiger partial charge in [0.15, 0.2) is 0 Å². The Hall–Kier alpha value is -4.89. The van der Waals surface area contributed by atoms with E-state index in [-0.39, 0.29) is 53.5 Å². The predicted octanol–water partition coefficient (Wildman–Crippen LogP) is 25.9. The highest BCUT2D eigenvalue weighted by molar-refractivity contribution is 5.86. The molecule has 0 aromatic heterocycles. The van der Waals surface area contributed by atoms with Crippen LogP contribution in [-0.4, -0.2) is 186 Å². The minimum atomic E-state index is -0.452. The number of nitrogens with one attached hydrogen (secondary N) is 3. The Morgan fingerprint density at radius 3 is 0.508 bits per heavy atom. The molecule has 1 rings (SSSR count). The van der Waals surface area contributed by atoms with Crippen molar-refractivity contribution in [3.05, 3.63) is 0 Å². The van der Waals surface area contributed by atoms with Crippen LogP contribution in [0.2, 0.25) is 0 Å². The normalized spacial score (nSPS) is 15.3. The zero-order chi connectivity index (χ0) is 96.8. The van der Waals surface area contributed by atoms with E-state index in [2.05, 4.69) is 114 Å². The number of nitrogens with zero attached hydrogens (tertiary/aromatic N) is 3. The van der Waals surface area contributed by atoms with Crippen LogP contribution in [0.5, 0.6) is 0 Å². The number of carbonyl (C=O) groups excluding carboxylic acids is 9. The molecule has 0 radical (unpaired) electrons. The summed E-state index contributed by atoms with van der Waals surface area (Å²) in [6.07, 6.45) is 59.4. The Labute approximate surface area is 810 Å². The second-order valence-electron chi connectivity index (χ2n) is 40.8. The molecule has 0 bridgehead atoms. The van der Waals surface area contributed by atoms with Crippen LogP contribution in [0.1, 0.15) is 488 Å². The van der Waals surface area contributed by atoms with Crippen LogP contribution in [0.15, 0.2) is 0 Å². The first-order valence-electron chi connectivity index (χ1n) is 56.0. The van der Waals surface area contributed by atoms with Crippen molar-refractivity contribution in [2.45, 2.75) is 488 Å². The molecular weight excluding hydrogens is 1660 g/mol. The number of amides is 3. The van der Waals surface area contributed by atoms with E-state index < -0.39 is 17.8 Å². The standard InChI is InChI=1S/C111H210N6O15/c1-13-55-94(7)67-85-127-103(118)61-37-19-28-46-76-115(77-47-29-20-38-62-104(119)128-86-68-95(8)56-14-2)82-52-34-25-43-73-112-109(124)100-91-101(110(125)113-74-44-26-35-53-83-116(78-48-30-21-39-63-105(120)129-87-69-96(9)57-15-3)79-49-31-22-40-64-106(121)130-88-70-97(10)58-16-4)93-102(92-100)111(126)114-75-45-27-36-54-84-117(80-50-32-23-41-65-107(122)131-89-71-98(11)59-17-5)81-51-33-24-42-66-108(123)132-90-72-99(12)60-18-6/h94-102H,13-93H2,1-12H3,(H,112,124)(H,113,125)(H,114,126). The first-order chi connectivity index (χ1) is 64.0. The van der Waals surface area contributed by atoms with Crippen molar-refractivity contribution in [3.8, 4) is 0 Å². The van der Waals surface area contributed by atoms with E-state index in [1.807, 2.05) is 0 Å². The van der Waals surface area contributed by atoms with Crippen molar-refractivity contribution < 1.29 is 71.6 Å². The van der Waals surface area contributed by atoms with Crippen LogP contribution < -0.4 is 16.0 Å². The zero-order valence-electron chi connectivity index (χ0n) is 87.9. The van der Waals surface area contributed by atoms with Gasteiger partial charge in [0.05, 0.1) is 39.6 Å². The van der Waals surface area contributed by atoms with Crippen molar-refractivity contribution >= 4 is 53.5 Å². The second-order valence-corrected chi connectivity index (χ2v) is 40.8. The minimum Gasteiger partial charge on any atom is -0.466 e. The number of ether oxygens (including phenoxy) is 6. The number of carbonyl (C=O) groups is 9. The summed E-state index contributed by atoms with van der Waals surface area (Å²) in [7, 11) is 0. The maximum Gasteiger partial charge on any atom is 0.305 e. The fourth-order valence-corrected chi connectivity index (χ4v) is 18.7. The van der Waals surface area contributed by atoms with Gasteiger partial charge < -0.3 is 59.1 Å². The fourth-order valence-electron chi connectivity index (χ4n) is 18.7. The summed E-state index contributed by atoms with van der Waals surface area (Å²) in [5, 5.41) is 9.80. The van der Waals surface area contributed by atoms with Gasteiger partial charge in [0.2, 0.25) is 17.7 Å². The summed E-state index contributed by atoms with van der Waals surface area (Å²) >= 11 is 0. The Bertz CT molecular complexity index is 2350. The van der Waals surface area contributed by atoms with E-state index in [0.717, 1.165) is 406 Å². The van der Waals surface area contributed by atoms with Crippen LogP contribution in [-0.2, 0) is 71.6 Å². The van der Waals surface area contributed by atoms with Crippen molar-refractivity contribution in [1.29, 1.82) is 0 Å². The molecule has 21 nitrogen and oxygen atoms in total. The highest BCUT2D eigenvalue weighted by atomic mass is 16.6. The second kappa shape index (κ2) is 90.0. The summed E-state index contributed by atoms with van der Waals surface area (Å²) in [6.45, 7) is 40.3. The van der Waals surface area contributed by atoms with E-state index in [1.165, 1.54) is 0 Å². The lowest BCUT2D eigenvalue weighted by Crippen LogP contribution is -2.45. The topological polar surface area (TPSA) is 255 Å². The molecule has 0 aromatic carbocycles. The summed E-state index contributed by atoms with van der Waals surface area (Å²) in [5.74, 6) is 1.40. The maximum absolute atomic E-state index is 14.3. The van der Waals surface area contributed by atoms with Gasteiger partial charge in [-0.15, -0.1) is 0 Å². The van der Waals surface area contributed by atoms with Crippen molar-refractivity contribution in [1.82, 2.24) is 30.7 Å². The number of hydrogen-bond acceptors (Lipinski definition) is 18. The number of rotatable bonds is 96. The first kappa shape index (κ1) is 125. The fraction of sp³-hybridized carbons (Fsp3) is 0.919. The molecular formula is C111H210N6O15. The van der Waals surface area contributed by atoms with Gasteiger partial charge >= 0.3 is 35.8 Å². The zero-order valence-corrected chi connectivity index (χ0v) is 87.9. The van der Waals surface area contributed by atoms with Crippen molar-refractivity contribution in [2.75, 3.05) is 118 Å². The Balaban J connectivity index is 3.12. The predicted molar refractivity (Wildman–Crippen MR) is 544 cm³/mol. The van der Waals surface area contributed by atoms with Crippen molar-refractivity contribution in [3.63, 3.8) is 0 Å². The van der Waals surface area contributed by atoms with E-state index in [9.17, 15) is 43.2 Å². The van der Waals surface area contributed by atoms with Crippen LogP contribution in [0, 0.1) is 53.3 Å². The average Bonchev–Trinajstić information content (AvgIpc) is 0.825. The smallest absolute Gasteiger partial charge is 0.305 e. The summed E-state index contributed by atoms with van der Waals surface area (Å²) in [6, 6.07) is 0. The number of esters is 6. The molecule has 1 saturated carbocycles. The molecule has 3 N–H and O–H groups in total. The molecule has 0 aliphatic heterocycles. The van der Waals surface area contributed by atoms with Crippen LogP contribution in [0.3, 0.4) is 0 Å². The number of unbranched alkanes of at least 4 members (excludes halogenated alkanes) is 27. The summed E-state index contributed by atoms with van der Waals surface area (Å²) < 4.78 is 33.4. The van der Waals surface area contributed by atoms with Gasteiger partial charge in [0.25, 0.3) is 0 Å². The van der Waals surface area contributed by atoms with Crippen LogP contribution in [0.25, 0.3) is 0 Å². The largest absolute Gasteiger partial charge is 0.466 e. The molecule has 1 aliphatic carbocycles. The third-order valence-corrected chi connectivity index (χ3v) is 27.5. The monoisotopic (exact) mass is 1870 g/mol. The minimum absolute atomic E-state index is 0.0667. The van der Waals surface area contributed by atoms with Gasteiger partial charge in [-0.2, -0.15) is 0 Å². The number of hydrogen-bond donors (Lipinski definition) is 3. The quantitative estimate of drug-likeness (QED) is 0.0291. The molecule has 1 fully saturated rings. The lowest BCUT2D eigenvalue weighted by molar-refractivity contribution is -0.145. The maximum atomic E-state index is 14.3. The Morgan fingerprint density at radius 2 is 0.356 bits per heavy atom. The average molecular weight is 1870 g/mol. The molecule has 3 amide bonds. The molecule has 21 heteroatoms. The van der Waals surface area contributed by atoms with Crippen molar-refractivity contribution in [2.24, 2.45) is 53.3 Å². The molecule has 6 atom stereocenters. The van der Waals surface area contributed by atoms with Gasteiger partial charge in [0, 0.05) is 75.9 Å². The van der Waals surface area contributed by atoms with Gasteiger partial charge in [0.1, 0.15) is 0 Å². The third-order valence-electron chi connectivity index (χ3n) is 27.5. The Morgan fingerprint density at radius 1 is 0.212 bits per heavy atom. The third kappa shape index (κ3) is 78.1. The van der Waals surface area contributed by atoms with Gasteiger partial charge in [-0.3, -0.25) is 43.2 Å². The molecule has 774 valence electrons. The van der Waals surface area contributed by atoms with Gasteiger partial charge in [-0.05, 0) is 268 Å². The summed E-state index contributed by atoms with van der Waals surface area (Å²) in [4.78, 5) is 126. The highest BCUT2D eigenvalue weighted by Crippen LogP contribution is 2.35. The van der Waals surface area contributed by atoms with Crippen LogP contribution in [0.4, 0.5) is 0 Å². The lowest BCUT2D eigenvalue weighted by Gasteiger charge is -2.33. The molecule has 132 heavy (non-hydrogen) atoms. The molecule has 6 unspecified atom stereocenters. The van der Waals surface area contributed by atoms with Gasteiger partial charge in [-0.25, -0.2) is 0 Å².